The van der Waals surface area contributed by atoms with Gasteiger partial charge in [0, 0.05) is 6.54 Å². The maximum absolute atomic E-state index is 13.4. The standard InChI is InChI=1S/C16H23FN2O3/c1-11(2)10-14(15(20)22-3)19-16(21)18-9-8-12-6-4-5-7-13(12)17/h4-7,11,14H,8-10H2,1-3H3,(H2,18,19,21). The average molecular weight is 310 g/mol. The van der Waals surface area contributed by atoms with E-state index in [-0.39, 0.29) is 18.3 Å². The molecular weight excluding hydrogens is 287 g/mol. The van der Waals surface area contributed by atoms with Gasteiger partial charge in [-0.15, -0.1) is 0 Å². The minimum Gasteiger partial charge on any atom is -0.467 e. The van der Waals surface area contributed by atoms with Gasteiger partial charge < -0.3 is 15.4 Å². The summed E-state index contributed by atoms with van der Waals surface area (Å²) >= 11 is 0. The molecule has 0 bridgehead atoms. The van der Waals surface area contributed by atoms with E-state index in [4.69, 9.17) is 0 Å². The second kappa shape index (κ2) is 9.02. The lowest BCUT2D eigenvalue weighted by molar-refractivity contribution is -0.143. The number of esters is 1. The quantitative estimate of drug-likeness (QED) is 0.759. The SMILES string of the molecule is COC(=O)C(CC(C)C)NC(=O)NCCc1ccccc1F. The van der Waals surface area contributed by atoms with Crippen LogP contribution in [-0.2, 0) is 16.0 Å². The van der Waals surface area contributed by atoms with E-state index in [0.717, 1.165) is 0 Å². The Kier molecular flexibility index (Phi) is 7.36. The first kappa shape index (κ1) is 17.9. The van der Waals surface area contributed by atoms with E-state index < -0.39 is 18.0 Å². The summed E-state index contributed by atoms with van der Waals surface area (Å²) in [7, 11) is 1.29. The molecule has 122 valence electrons. The Hall–Kier alpha value is -2.11. The molecular formula is C16H23FN2O3. The van der Waals surface area contributed by atoms with Crippen LogP contribution in [-0.4, -0.2) is 31.7 Å². The van der Waals surface area contributed by atoms with Crippen LogP contribution in [0, 0.1) is 11.7 Å². The van der Waals surface area contributed by atoms with Crippen LogP contribution < -0.4 is 10.6 Å². The summed E-state index contributed by atoms with van der Waals surface area (Å²) < 4.78 is 18.1. The van der Waals surface area contributed by atoms with Crippen molar-refractivity contribution in [2.75, 3.05) is 13.7 Å². The minimum atomic E-state index is -0.682. The van der Waals surface area contributed by atoms with Crippen molar-refractivity contribution in [2.24, 2.45) is 5.92 Å². The van der Waals surface area contributed by atoms with Crippen LogP contribution in [0.3, 0.4) is 0 Å². The van der Waals surface area contributed by atoms with Crippen molar-refractivity contribution >= 4 is 12.0 Å². The molecule has 6 heteroatoms. The maximum Gasteiger partial charge on any atom is 0.328 e. The van der Waals surface area contributed by atoms with E-state index in [1.807, 2.05) is 13.8 Å². The van der Waals surface area contributed by atoms with Crippen LogP contribution in [0.5, 0.6) is 0 Å². The van der Waals surface area contributed by atoms with Crippen LogP contribution in [0.15, 0.2) is 24.3 Å². The van der Waals surface area contributed by atoms with Crippen LogP contribution in [0.25, 0.3) is 0 Å². The molecule has 1 unspecified atom stereocenters. The Bertz CT molecular complexity index is 506. The van der Waals surface area contributed by atoms with Crippen molar-refractivity contribution < 1.29 is 18.7 Å². The zero-order chi connectivity index (χ0) is 16.5. The number of amides is 2. The van der Waals surface area contributed by atoms with E-state index in [0.29, 0.717) is 18.4 Å². The van der Waals surface area contributed by atoms with Gasteiger partial charge in [0.25, 0.3) is 0 Å². The number of ether oxygens (including phenoxy) is 1. The predicted octanol–water partition coefficient (Wildman–Crippen LogP) is 2.26. The second-order valence-corrected chi connectivity index (χ2v) is 5.45. The summed E-state index contributed by atoms with van der Waals surface area (Å²) in [5, 5.41) is 5.20. The largest absolute Gasteiger partial charge is 0.467 e. The Balaban J connectivity index is 2.43. The highest BCUT2D eigenvalue weighted by Gasteiger charge is 2.22. The number of hydrogen-bond donors (Lipinski definition) is 2. The molecule has 22 heavy (non-hydrogen) atoms. The molecule has 0 aliphatic rings. The molecule has 0 saturated heterocycles. The summed E-state index contributed by atoms with van der Waals surface area (Å²) in [5.74, 6) is -0.530. The molecule has 1 rings (SSSR count). The molecule has 0 aliphatic carbocycles. The smallest absolute Gasteiger partial charge is 0.328 e. The monoisotopic (exact) mass is 310 g/mol. The number of halogens is 1. The lowest BCUT2D eigenvalue weighted by atomic mass is 10.0. The van der Waals surface area contributed by atoms with Gasteiger partial charge in [-0.1, -0.05) is 32.0 Å². The van der Waals surface area contributed by atoms with Crippen LogP contribution in [0.2, 0.25) is 0 Å². The molecule has 0 fully saturated rings. The first-order chi connectivity index (χ1) is 10.4. The number of nitrogens with one attached hydrogen (secondary N) is 2. The Labute approximate surface area is 130 Å². The van der Waals surface area contributed by atoms with E-state index in [1.54, 1.807) is 18.2 Å². The molecule has 0 aliphatic heterocycles. The van der Waals surface area contributed by atoms with Crippen molar-refractivity contribution in [2.45, 2.75) is 32.7 Å². The molecule has 5 nitrogen and oxygen atoms in total. The van der Waals surface area contributed by atoms with Gasteiger partial charge in [0.2, 0.25) is 0 Å². The van der Waals surface area contributed by atoms with E-state index >= 15 is 0 Å². The topological polar surface area (TPSA) is 67.4 Å². The Morgan fingerprint density at radius 1 is 1.27 bits per heavy atom. The second-order valence-electron chi connectivity index (χ2n) is 5.45. The molecule has 2 N–H and O–H groups in total. The highest BCUT2D eigenvalue weighted by atomic mass is 19.1. The summed E-state index contributed by atoms with van der Waals surface area (Å²) in [6.07, 6.45) is 0.876. The zero-order valence-electron chi connectivity index (χ0n) is 13.2. The fourth-order valence-corrected chi connectivity index (χ4v) is 2.05. The Morgan fingerprint density at radius 2 is 1.95 bits per heavy atom. The molecule has 1 atom stereocenters. The summed E-state index contributed by atoms with van der Waals surface area (Å²) in [6, 6.07) is 5.27. The molecule has 0 heterocycles. The van der Waals surface area contributed by atoms with Crippen molar-refractivity contribution in [1.82, 2.24) is 10.6 Å². The van der Waals surface area contributed by atoms with Crippen molar-refractivity contribution in [1.29, 1.82) is 0 Å². The van der Waals surface area contributed by atoms with Crippen molar-refractivity contribution in [3.63, 3.8) is 0 Å². The number of benzene rings is 1. The fourth-order valence-electron chi connectivity index (χ4n) is 2.05. The molecule has 0 spiro atoms. The highest BCUT2D eigenvalue weighted by Crippen LogP contribution is 2.07. The van der Waals surface area contributed by atoms with Gasteiger partial charge >= 0.3 is 12.0 Å². The van der Waals surface area contributed by atoms with Gasteiger partial charge in [-0.2, -0.15) is 0 Å². The zero-order valence-corrected chi connectivity index (χ0v) is 13.2. The highest BCUT2D eigenvalue weighted by molar-refractivity contribution is 5.83. The third-order valence-electron chi connectivity index (χ3n) is 3.14. The first-order valence-corrected chi connectivity index (χ1v) is 7.29. The van der Waals surface area contributed by atoms with Crippen LogP contribution in [0.1, 0.15) is 25.8 Å². The number of rotatable bonds is 7. The molecule has 1 aromatic rings. The van der Waals surface area contributed by atoms with Crippen molar-refractivity contribution in [3.05, 3.63) is 35.6 Å². The van der Waals surface area contributed by atoms with E-state index in [1.165, 1.54) is 13.2 Å². The fraction of sp³-hybridized carbons (Fsp3) is 0.500. The van der Waals surface area contributed by atoms with Gasteiger partial charge in [-0.05, 0) is 30.4 Å². The predicted molar refractivity (Wildman–Crippen MR) is 81.9 cm³/mol. The summed E-state index contributed by atoms with van der Waals surface area (Å²) in [4.78, 5) is 23.4. The number of hydrogen-bond acceptors (Lipinski definition) is 3. The molecule has 0 saturated carbocycles. The summed E-state index contributed by atoms with van der Waals surface area (Å²) in [5.41, 5.74) is 0.537. The summed E-state index contributed by atoms with van der Waals surface area (Å²) in [6.45, 7) is 4.18. The normalized spacial score (nSPS) is 11.9. The van der Waals surface area contributed by atoms with E-state index in [2.05, 4.69) is 15.4 Å². The van der Waals surface area contributed by atoms with Crippen LogP contribution >= 0.6 is 0 Å². The number of methoxy groups -OCH3 is 1. The van der Waals surface area contributed by atoms with Crippen LogP contribution in [0.4, 0.5) is 9.18 Å². The molecule has 1 aromatic carbocycles. The van der Waals surface area contributed by atoms with E-state index in [9.17, 15) is 14.0 Å². The number of urea groups is 1. The maximum atomic E-state index is 13.4. The first-order valence-electron chi connectivity index (χ1n) is 7.29. The average Bonchev–Trinajstić information content (AvgIpc) is 2.47. The number of carbonyl (C=O) groups excluding carboxylic acids is 2. The van der Waals surface area contributed by atoms with Gasteiger partial charge in [-0.25, -0.2) is 14.0 Å². The van der Waals surface area contributed by atoms with Gasteiger partial charge in [0.1, 0.15) is 11.9 Å². The minimum absolute atomic E-state index is 0.239. The van der Waals surface area contributed by atoms with Crippen molar-refractivity contribution in [3.8, 4) is 0 Å². The molecule has 0 radical (unpaired) electrons. The number of carbonyl (C=O) groups is 2. The van der Waals surface area contributed by atoms with Gasteiger partial charge in [0.15, 0.2) is 0 Å². The van der Waals surface area contributed by atoms with Gasteiger partial charge in [0.05, 0.1) is 7.11 Å². The lowest BCUT2D eigenvalue weighted by Gasteiger charge is -2.18. The third-order valence-corrected chi connectivity index (χ3v) is 3.14. The lowest BCUT2D eigenvalue weighted by Crippen LogP contribution is -2.47. The molecule has 2 amide bonds. The third kappa shape index (κ3) is 6.11. The molecule has 0 aromatic heterocycles. The Morgan fingerprint density at radius 3 is 2.55 bits per heavy atom. The van der Waals surface area contributed by atoms with Gasteiger partial charge in [-0.3, -0.25) is 0 Å².